The van der Waals surface area contributed by atoms with Gasteiger partial charge in [0.15, 0.2) is 0 Å². The zero-order valence-electron chi connectivity index (χ0n) is 12.7. The second-order valence-corrected chi connectivity index (χ2v) is 5.12. The number of benzene rings is 2. The molecule has 2 aromatic carbocycles. The molecule has 0 bridgehead atoms. The van der Waals surface area contributed by atoms with Crippen LogP contribution in [-0.2, 0) is 13.2 Å². The summed E-state index contributed by atoms with van der Waals surface area (Å²) in [6, 6.07) is 16.3. The molecule has 0 heterocycles. The smallest absolute Gasteiger partial charge is 0.120 e. The average molecular weight is 285 g/mol. The van der Waals surface area contributed by atoms with Crippen molar-refractivity contribution in [2.24, 2.45) is 0 Å². The monoisotopic (exact) mass is 285 g/mol. The van der Waals surface area contributed by atoms with Crippen LogP contribution in [0.5, 0.6) is 5.75 Å². The van der Waals surface area contributed by atoms with Crippen molar-refractivity contribution in [1.82, 2.24) is 5.32 Å². The summed E-state index contributed by atoms with van der Waals surface area (Å²) >= 11 is 0. The summed E-state index contributed by atoms with van der Waals surface area (Å²) < 4.78 is 5.84. The molecular formula is C18H23NO2. The highest BCUT2D eigenvalue weighted by Gasteiger charge is 2.05. The van der Waals surface area contributed by atoms with Gasteiger partial charge in [0, 0.05) is 6.04 Å². The SMILES string of the molecule is CCNC(C)c1cccc(OCc2ccc(CO)cc2)c1. The second-order valence-electron chi connectivity index (χ2n) is 5.12. The lowest BCUT2D eigenvalue weighted by Crippen LogP contribution is -2.17. The molecule has 2 aromatic rings. The number of ether oxygens (including phenoxy) is 1. The Bertz CT molecular complexity index is 551. The summed E-state index contributed by atoms with van der Waals surface area (Å²) in [6.45, 7) is 5.81. The first-order valence-electron chi connectivity index (χ1n) is 7.37. The van der Waals surface area contributed by atoms with E-state index in [0.29, 0.717) is 12.6 Å². The van der Waals surface area contributed by atoms with Gasteiger partial charge in [0.2, 0.25) is 0 Å². The lowest BCUT2D eigenvalue weighted by atomic mass is 10.1. The first-order valence-corrected chi connectivity index (χ1v) is 7.37. The molecule has 1 atom stereocenters. The van der Waals surface area contributed by atoms with Crippen molar-refractivity contribution in [2.75, 3.05) is 6.54 Å². The van der Waals surface area contributed by atoms with Gasteiger partial charge in [0.25, 0.3) is 0 Å². The van der Waals surface area contributed by atoms with E-state index in [1.807, 2.05) is 36.4 Å². The Hall–Kier alpha value is -1.84. The van der Waals surface area contributed by atoms with Crippen LogP contribution in [0.25, 0.3) is 0 Å². The molecule has 0 aromatic heterocycles. The van der Waals surface area contributed by atoms with Crippen LogP contribution in [0.15, 0.2) is 48.5 Å². The first kappa shape index (κ1) is 15.5. The van der Waals surface area contributed by atoms with Crippen molar-refractivity contribution in [2.45, 2.75) is 33.1 Å². The van der Waals surface area contributed by atoms with Crippen molar-refractivity contribution in [1.29, 1.82) is 0 Å². The van der Waals surface area contributed by atoms with E-state index in [2.05, 4.69) is 31.3 Å². The van der Waals surface area contributed by atoms with Crippen molar-refractivity contribution in [3.63, 3.8) is 0 Å². The summed E-state index contributed by atoms with van der Waals surface area (Å²) in [5, 5.41) is 12.4. The number of hydrogen-bond donors (Lipinski definition) is 2. The van der Waals surface area contributed by atoms with Crippen molar-refractivity contribution < 1.29 is 9.84 Å². The van der Waals surface area contributed by atoms with E-state index in [-0.39, 0.29) is 6.61 Å². The first-order chi connectivity index (χ1) is 10.2. The fourth-order valence-corrected chi connectivity index (χ4v) is 2.21. The highest BCUT2D eigenvalue weighted by atomic mass is 16.5. The van der Waals surface area contributed by atoms with Crippen LogP contribution in [0.2, 0.25) is 0 Å². The minimum Gasteiger partial charge on any atom is -0.489 e. The van der Waals surface area contributed by atoms with E-state index < -0.39 is 0 Å². The van der Waals surface area contributed by atoms with Crippen LogP contribution in [0, 0.1) is 0 Å². The van der Waals surface area contributed by atoms with E-state index in [9.17, 15) is 0 Å². The van der Waals surface area contributed by atoms with E-state index in [0.717, 1.165) is 23.4 Å². The molecule has 0 aliphatic carbocycles. The molecule has 0 saturated carbocycles. The molecule has 3 heteroatoms. The highest BCUT2D eigenvalue weighted by Crippen LogP contribution is 2.20. The van der Waals surface area contributed by atoms with Gasteiger partial charge in [-0.05, 0) is 42.3 Å². The van der Waals surface area contributed by atoms with Gasteiger partial charge in [-0.25, -0.2) is 0 Å². The predicted octanol–water partition coefficient (Wildman–Crippen LogP) is 3.43. The van der Waals surface area contributed by atoms with Crippen LogP contribution in [0.1, 0.15) is 36.6 Å². The molecular weight excluding hydrogens is 262 g/mol. The standard InChI is InChI=1S/C18H23NO2/c1-3-19-14(2)17-5-4-6-18(11-17)21-13-16-9-7-15(12-20)8-10-16/h4-11,14,19-20H,3,12-13H2,1-2H3. The fraction of sp³-hybridized carbons (Fsp3) is 0.333. The molecule has 0 aliphatic rings. The predicted molar refractivity (Wildman–Crippen MR) is 85.2 cm³/mol. The topological polar surface area (TPSA) is 41.5 Å². The lowest BCUT2D eigenvalue weighted by Gasteiger charge is -2.14. The third-order valence-electron chi connectivity index (χ3n) is 3.48. The molecule has 0 fully saturated rings. The minimum absolute atomic E-state index is 0.0749. The number of hydrogen-bond acceptors (Lipinski definition) is 3. The summed E-state index contributed by atoms with van der Waals surface area (Å²) in [5.41, 5.74) is 3.24. The van der Waals surface area contributed by atoms with Crippen LogP contribution >= 0.6 is 0 Å². The van der Waals surface area contributed by atoms with Gasteiger partial charge in [-0.15, -0.1) is 0 Å². The quantitative estimate of drug-likeness (QED) is 0.819. The Balaban J connectivity index is 1.97. The molecule has 0 aliphatic heterocycles. The molecule has 0 saturated heterocycles. The van der Waals surface area contributed by atoms with Crippen molar-refractivity contribution >= 4 is 0 Å². The van der Waals surface area contributed by atoms with Crippen LogP contribution in [0.3, 0.4) is 0 Å². The van der Waals surface area contributed by atoms with Gasteiger partial charge in [-0.3, -0.25) is 0 Å². The fourth-order valence-electron chi connectivity index (χ4n) is 2.21. The molecule has 112 valence electrons. The van der Waals surface area contributed by atoms with Crippen LogP contribution < -0.4 is 10.1 Å². The van der Waals surface area contributed by atoms with Gasteiger partial charge in [-0.2, -0.15) is 0 Å². The molecule has 3 nitrogen and oxygen atoms in total. The number of rotatable bonds is 7. The molecule has 0 radical (unpaired) electrons. The lowest BCUT2D eigenvalue weighted by molar-refractivity contribution is 0.281. The molecule has 0 spiro atoms. The summed E-state index contributed by atoms with van der Waals surface area (Å²) in [5.74, 6) is 0.878. The Morgan fingerprint density at radius 1 is 1.10 bits per heavy atom. The third-order valence-corrected chi connectivity index (χ3v) is 3.48. The highest BCUT2D eigenvalue weighted by molar-refractivity contribution is 5.31. The summed E-state index contributed by atoms with van der Waals surface area (Å²) in [6.07, 6.45) is 0. The molecule has 1 unspecified atom stereocenters. The molecule has 21 heavy (non-hydrogen) atoms. The van der Waals surface area contributed by atoms with Crippen LogP contribution in [-0.4, -0.2) is 11.7 Å². The van der Waals surface area contributed by atoms with Gasteiger partial charge in [0.05, 0.1) is 6.61 Å². The maximum absolute atomic E-state index is 9.03. The molecule has 2 N–H and O–H groups in total. The maximum Gasteiger partial charge on any atom is 0.120 e. The number of nitrogens with one attached hydrogen (secondary N) is 1. The molecule has 2 rings (SSSR count). The van der Waals surface area contributed by atoms with E-state index in [1.54, 1.807) is 0 Å². The Labute approximate surface area is 126 Å². The van der Waals surface area contributed by atoms with E-state index in [1.165, 1.54) is 5.56 Å². The van der Waals surface area contributed by atoms with E-state index in [4.69, 9.17) is 9.84 Å². The zero-order chi connectivity index (χ0) is 15.1. The second kappa shape index (κ2) is 7.81. The minimum atomic E-state index is 0.0749. The maximum atomic E-state index is 9.03. The Morgan fingerprint density at radius 2 is 1.81 bits per heavy atom. The van der Waals surface area contributed by atoms with Gasteiger partial charge < -0.3 is 15.2 Å². The largest absolute Gasteiger partial charge is 0.489 e. The zero-order valence-corrected chi connectivity index (χ0v) is 12.7. The average Bonchev–Trinajstić information content (AvgIpc) is 2.54. The van der Waals surface area contributed by atoms with Gasteiger partial charge in [0.1, 0.15) is 12.4 Å². The van der Waals surface area contributed by atoms with Gasteiger partial charge in [-0.1, -0.05) is 43.3 Å². The molecule has 0 amide bonds. The normalized spacial score (nSPS) is 12.1. The summed E-state index contributed by atoms with van der Waals surface area (Å²) in [7, 11) is 0. The summed E-state index contributed by atoms with van der Waals surface area (Å²) in [4.78, 5) is 0. The van der Waals surface area contributed by atoms with E-state index >= 15 is 0 Å². The Morgan fingerprint density at radius 3 is 2.48 bits per heavy atom. The van der Waals surface area contributed by atoms with Crippen molar-refractivity contribution in [3.8, 4) is 5.75 Å². The number of aliphatic hydroxyl groups excluding tert-OH is 1. The Kier molecular flexibility index (Phi) is 5.78. The van der Waals surface area contributed by atoms with Crippen molar-refractivity contribution in [3.05, 3.63) is 65.2 Å². The third kappa shape index (κ3) is 4.59. The van der Waals surface area contributed by atoms with Gasteiger partial charge >= 0.3 is 0 Å². The van der Waals surface area contributed by atoms with Crippen LogP contribution in [0.4, 0.5) is 0 Å². The number of aliphatic hydroxyl groups is 1.